The summed E-state index contributed by atoms with van der Waals surface area (Å²) in [5.41, 5.74) is 9.31. The number of likely N-dealkylation sites (tertiary alicyclic amines) is 1. The standard InChI is InChI=1S/C29H26N8/c1-2-12-37(13-3-1)18-19-14-21(17-31-15-19)23-9-10-25-27(32-23)28(36-35-25)29-33-24-8-4-7-22(26(24)34-29)20-6-5-11-30-16-20/h4-11,14-17H,1-3,12-13,18H2,(H,33,34)(H,35,36). The Kier molecular flexibility index (Phi) is 5.44. The van der Waals surface area contributed by atoms with Crippen molar-refractivity contribution in [1.29, 1.82) is 0 Å². The molecular weight excluding hydrogens is 460 g/mol. The summed E-state index contributed by atoms with van der Waals surface area (Å²) in [5.74, 6) is 0.680. The van der Waals surface area contributed by atoms with Crippen molar-refractivity contribution in [2.75, 3.05) is 13.1 Å². The summed E-state index contributed by atoms with van der Waals surface area (Å²) in [6, 6.07) is 16.3. The fourth-order valence-corrected chi connectivity index (χ4v) is 5.21. The summed E-state index contributed by atoms with van der Waals surface area (Å²) < 4.78 is 0. The highest BCUT2D eigenvalue weighted by Crippen LogP contribution is 2.31. The molecule has 0 spiro atoms. The van der Waals surface area contributed by atoms with E-state index in [2.05, 4.69) is 42.2 Å². The van der Waals surface area contributed by atoms with Gasteiger partial charge in [0.15, 0.2) is 11.5 Å². The molecule has 1 aliphatic rings. The summed E-state index contributed by atoms with van der Waals surface area (Å²) in [6.45, 7) is 3.25. The van der Waals surface area contributed by atoms with Crippen LogP contribution in [0.2, 0.25) is 0 Å². The molecule has 1 aliphatic heterocycles. The number of aromatic amines is 2. The number of benzene rings is 1. The third kappa shape index (κ3) is 4.15. The molecule has 0 radical (unpaired) electrons. The first-order valence-corrected chi connectivity index (χ1v) is 12.7. The van der Waals surface area contributed by atoms with Gasteiger partial charge in [-0.3, -0.25) is 20.0 Å². The van der Waals surface area contributed by atoms with Crippen molar-refractivity contribution in [3.8, 4) is 33.9 Å². The summed E-state index contributed by atoms with van der Waals surface area (Å²) in [6.07, 6.45) is 11.4. The maximum absolute atomic E-state index is 5.00. The van der Waals surface area contributed by atoms with Crippen LogP contribution in [0, 0.1) is 0 Å². The van der Waals surface area contributed by atoms with Gasteiger partial charge in [-0.05, 0) is 61.8 Å². The van der Waals surface area contributed by atoms with Gasteiger partial charge >= 0.3 is 0 Å². The second kappa shape index (κ2) is 9.22. The SMILES string of the molecule is c1cncc(-c2cccc3[nH]c(-c4n[nH]c5ccc(-c6cncc(CN7CCCCC7)c6)nc45)nc23)c1. The van der Waals surface area contributed by atoms with Crippen LogP contribution in [0.4, 0.5) is 0 Å². The number of hydrogen-bond acceptors (Lipinski definition) is 6. The Labute approximate surface area is 213 Å². The lowest BCUT2D eigenvalue weighted by atomic mass is 10.1. The molecular formula is C29H26N8. The minimum absolute atomic E-state index is 0.680. The Morgan fingerprint density at radius 1 is 0.784 bits per heavy atom. The van der Waals surface area contributed by atoms with Crippen molar-refractivity contribution in [3.05, 3.63) is 78.9 Å². The van der Waals surface area contributed by atoms with Crippen molar-refractivity contribution < 1.29 is 0 Å². The van der Waals surface area contributed by atoms with E-state index < -0.39 is 0 Å². The van der Waals surface area contributed by atoms with Crippen LogP contribution in [-0.4, -0.2) is 53.1 Å². The van der Waals surface area contributed by atoms with E-state index in [1.165, 1.54) is 24.8 Å². The Morgan fingerprint density at radius 2 is 1.70 bits per heavy atom. The van der Waals surface area contributed by atoms with Crippen LogP contribution in [-0.2, 0) is 6.54 Å². The lowest BCUT2D eigenvalue weighted by Crippen LogP contribution is -2.29. The zero-order valence-corrected chi connectivity index (χ0v) is 20.4. The third-order valence-corrected chi connectivity index (χ3v) is 7.06. The highest BCUT2D eigenvalue weighted by molar-refractivity contribution is 5.96. The maximum Gasteiger partial charge on any atom is 0.161 e. The number of rotatable bonds is 5. The average Bonchev–Trinajstić information content (AvgIpc) is 3.58. The van der Waals surface area contributed by atoms with E-state index in [9.17, 15) is 0 Å². The molecule has 0 saturated carbocycles. The van der Waals surface area contributed by atoms with Crippen LogP contribution in [0.3, 0.4) is 0 Å². The molecule has 1 fully saturated rings. The van der Waals surface area contributed by atoms with Gasteiger partial charge in [0, 0.05) is 48.0 Å². The van der Waals surface area contributed by atoms with Crippen LogP contribution in [0.5, 0.6) is 0 Å². The highest BCUT2D eigenvalue weighted by atomic mass is 15.2. The fraction of sp³-hybridized carbons (Fsp3) is 0.207. The number of pyridine rings is 3. The second-order valence-electron chi connectivity index (χ2n) is 9.61. The number of nitrogens with zero attached hydrogens (tertiary/aromatic N) is 6. The smallest absolute Gasteiger partial charge is 0.161 e. The third-order valence-electron chi connectivity index (χ3n) is 7.06. The van der Waals surface area contributed by atoms with E-state index in [4.69, 9.17) is 9.97 Å². The molecule has 0 atom stereocenters. The number of H-pyrrole nitrogens is 2. The predicted octanol–water partition coefficient (Wildman–Crippen LogP) is 5.61. The molecule has 5 aromatic heterocycles. The molecule has 1 saturated heterocycles. The van der Waals surface area contributed by atoms with Crippen molar-refractivity contribution in [2.24, 2.45) is 0 Å². The van der Waals surface area contributed by atoms with Crippen LogP contribution in [0.15, 0.2) is 73.3 Å². The first-order valence-electron chi connectivity index (χ1n) is 12.7. The van der Waals surface area contributed by atoms with Gasteiger partial charge in [0.05, 0.1) is 22.2 Å². The Bertz CT molecular complexity index is 1700. The van der Waals surface area contributed by atoms with Crippen molar-refractivity contribution in [2.45, 2.75) is 25.8 Å². The molecule has 8 heteroatoms. The summed E-state index contributed by atoms with van der Waals surface area (Å²) in [7, 11) is 0. The molecule has 8 nitrogen and oxygen atoms in total. The molecule has 182 valence electrons. The minimum Gasteiger partial charge on any atom is -0.336 e. The number of nitrogens with one attached hydrogen (secondary N) is 2. The monoisotopic (exact) mass is 486 g/mol. The fourth-order valence-electron chi connectivity index (χ4n) is 5.21. The van der Waals surface area contributed by atoms with Crippen LogP contribution in [0.1, 0.15) is 24.8 Å². The van der Waals surface area contributed by atoms with Gasteiger partial charge in [-0.15, -0.1) is 0 Å². The molecule has 1 aromatic carbocycles. The lowest BCUT2D eigenvalue weighted by molar-refractivity contribution is 0.220. The number of imidazole rings is 1. The van der Waals surface area contributed by atoms with Gasteiger partial charge in [0.2, 0.25) is 0 Å². The minimum atomic E-state index is 0.680. The molecule has 0 bridgehead atoms. The van der Waals surface area contributed by atoms with Gasteiger partial charge in [-0.2, -0.15) is 5.10 Å². The zero-order chi connectivity index (χ0) is 24.6. The number of para-hydroxylation sites is 1. The zero-order valence-electron chi connectivity index (χ0n) is 20.4. The summed E-state index contributed by atoms with van der Waals surface area (Å²) >= 11 is 0. The van der Waals surface area contributed by atoms with Gasteiger partial charge in [0.25, 0.3) is 0 Å². The number of aromatic nitrogens is 7. The molecule has 0 aliphatic carbocycles. The van der Waals surface area contributed by atoms with Gasteiger partial charge in [-0.25, -0.2) is 9.97 Å². The molecule has 6 aromatic rings. The van der Waals surface area contributed by atoms with E-state index in [1.54, 1.807) is 6.20 Å². The summed E-state index contributed by atoms with van der Waals surface area (Å²) in [5, 5.41) is 7.69. The number of hydrogen-bond donors (Lipinski definition) is 2. The maximum atomic E-state index is 5.00. The van der Waals surface area contributed by atoms with Crippen LogP contribution in [0.25, 0.3) is 56.0 Å². The van der Waals surface area contributed by atoms with E-state index in [0.29, 0.717) is 11.5 Å². The van der Waals surface area contributed by atoms with Crippen LogP contribution >= 0.6 is 0 Å². The number of fused-ring (bicyclic) bond motifs is 2. The first-order chi connectivity index (χ1) is 18.3. The largest absolute Gasteiger partial charge is 0.336 e. The second-order valence-corrected chi connectivity index (χ2v) is 9.61. The van der Waals surface area contributed by atoms with E-state index >= 15 is 0 Å². The summed E-state index contributed by atoms with van der Waals surface area (Å²) in [4.78, 5) is 24.7. The van der Waals surface area contributed by atoms with E-state index in [-0.39, 0.29) is 0 Å². The van der Waals surface area contributed by atoms with E-state index in [0.717, 1.165) is 64.1 Å². The topological polar surface area (TPSA) is 99.3 Å². The number of piperidine rings is 1. The molecule has 37 heavy (non-hydrogen) atoms. The molecule has 2 N–H and O–H groups in total. The van der Waals surface area contributed by atoms with Crippen LogP contribution < -0.4 is 0 Å². The average molecular weight is 487 g/mol. The normalized spacial score (nSPS) is 14.5. The lowest BCUT2D eigenvalue weighted by Gasteiger charge is -2.26. The molecule has 0 amide bonds. The Morgan fingerprint density at radius 3 is 2.59 bits per heavy atom. The first kappa shape index (κ1) is 21.8. The predicted molar refractivity (Wildman–Crippen MR) is 145 cm³/mol. The highest BCUT2D eigenvalue weighted by Gasteiger charge is 2.17. The molecule has 7 rings (SSSR count). The van der Waals surface area contributed by atoms with Gasteiger partial charge in [0.1, 0.15) is 5.52 Å². The Hall–Kier alpha value is -4.43. The molecule has 6 heterocycles. The quantitative estimate of drug-likeness (QED) is 0.329. The Balaban J connectivity index is 1.26. The van der Waals surface area contributed by atoms with Crippen molar-refractivity contribution >= 4 is 22.1 Å². The van der Waals surface area contributed by atoms with Crippen molar-refractivity contribution in [1.82, 2.24) is 40.0 Å². The van der Waals surface area contributed by atoms with Gasteiger partial charge in [-0.1, -0.05) is 24.6 Å². The molecule has 0 unspecified atom stereocenters. The van der Waals surface area contributed by atoms with E-state index in [1.807, 2.05) is 55.0 Å². The van der Waals surface area contributed by atoms with Gasteiger partial charge < -0.3 is 4.98 Å². The van der Waals surface area contributed by atoms with Crippen molar-refractivity contribution in [3.63, 3.8) is 0 Å².